The number of ether oxygens (including phenoxy) is 2. The van der Waals surface area contributed by atoms with Crippen molar-refractivity contribution in [3.63, 3.8) is 0 Å². The number of rotatable bonds is 10. The summed E-state index contributed by atoms with van der Waals surface area (Å²) >= 11 is 0. The molecule has 3 unspecified atom stereocenters. The summed E-state index contributed by atoms with van der Waals surface area (Å²) in [6.45, 7) is 5.54. The van der Waals surface area contributed by atoms with Crippen molar-refractivity contribution in [3.8, 4) is 0 Å². The van der Waals surface area contributed by atoms with E-state index in [4.69, 9.17) is 9.47 Å². The van der Waals surface area contributed by atoms with E-state index in [0.717, 1.165) is 0 Å². The Morgan fingerprint density at radius 2 is 1.75 bits per heavy atom. The van der Waals surface area contributed by atoms with Crippen LogP contribution in [0.5, 0.6) is 0 Å². The standard InChI is InChI=1S/C11H25NO4/c1-4-10(13)5-12-6-11(14)8-16-9(2)7-15-3/h9-14H,4-8H2,1-3H3. The molecule has 0 aliphatic carbocycles. The van der Waals surface area contributed by atoms with Crippen LogP contribution < -0.4 is 5.32 Å². The second-order valence-electron chi connectivity index (χ2n) is 3.97. The molecule has 0 aromatic heterocycles. The molecule has 0 fully saturated rings. The highest BCUT2D eigenvalue weighted by molar-refractivity contribution is 4.62. The maximum absolute atomic E-state index is 9.54. The Morgan fingerprint density at radius 3 is 2.31 bits per heavy atom. The van der Waals surface area contributed by atoms with E-state index >= 15 is 0 Å². The van der Waals surface area contributed by atoms with Crippen LogP contribution in [0.2, 0.25) is 0 Å². The van der Waals surface area contributed by atoms with Crippen molar-refractivity contribution in [1.82, 2.24) is 5.32 Å². The zero-order chi connectivity index (χ0) is 12.4. The summed E-state index contributed by atoms with van der Waals surface area (Å²) in [7, 11) is 1.62. The van der Waals surface area contributed by atoms with Gasteiger partial charge in [0.25, 0.3) is 0 Å². The van der Waals surface area contributed by atoms with Gasteiger partial charge in [-0.3, -0.25) is 0 Å². The van der Waals surface area contributed by atoms with Crippen LogP contribution in [0.15, 0.2) is 0 Å². The van der Waals surface area contributed by atoms with E-state index in [0.29, 0.717) is 26.1 Å². The minimum absolute atomic E-state index is 0.0131. The second kappa shape index (κ2) is 9.99. The lowest BCUT2D eigenvalue weighted by molar-refractivity contribution is -0.0315. The summed E-state index contributed by atoms with van der Waals surface area (Å²) in [6, 6.07) is 0. The summed E-state index contributed by atoms with van der Waals surface area (Å²) in [5.74, 6) is 0. The van der Waals surface area contributed by atoms with E-state index in [2.05, 4.69) is 5.32 Å². The molecule has 3 atom stereocenters. The fraction of sp³-hybridized carbons (Fsp3) is 1.00. The van der Waals surface area contributed by atoms with Crippen molar-refractivity contribution in [3.05, 3.63) is 0 Å². The minimum atomic E-state index is -0.552. The van der Waals surface area contributed by atoms with Crippen LogP contribution in [0.4, 0.5) is 0 Å². The van der Waals surface area contributed by atoms with Crippen LogP contribution in [-0.4, -0.2) is 61.9 Å². The summed E-state index contributed by atoms with van der Waals surface area (Å²) in [4.78, 5) is 0. The Kier molecular flexibility index (Phi) is 9.86. The molecule has 5 nitrogen and oxygen atoms in total. The Hall–Kier alpha value is -0.200. The molecule has 0 aliphatic rings. The molecule has 0 rings (SSSR count). The normalized spacial score (nSPS) is 17.1. The Bertz CT molecular complexity index is 157. The fourth-order valence-corrected chi connectivity index (χ4v) is 1.18. The predicted octanol–water partition coefficient (Wildman–Crippen LogP) is -0.241. The number of aliphatic hydroxyl groups is 2. The highest BCUT2D eigenvalue weighted by atomic mass is 16.5. The van der Waals surface area contributed by atoms with Gasteiger partial charge in [0.2, 0.25) is 0 Å². The number of hydrogen-bond acceptors (Lipinski definition) is 5. The number of nitrogens with one attached hydrogen (secondary N) is 1. The predicted molar refractivity (Wildman–Crippen MR) is 62.5 cm³/mol. The van der Waals surface area contributed by atoms with Gasteiger partial charge in [0, 0.05) is 20.2 Å². The maximum Gasteiger partial charge on any atom is 0.0897 e. The zero-order valence-electron chi connectivity index (χ0n) is 10.5. The van der Waals surface area contributed by atoms with Crippen molar-refractivity contribution < 1.29 is 19.7 Å². The molecule has 0 bridgehead atoms. The minimum Gasteiger partial charge on any atom is -0.392 e. The largest absolute Gasteiger partial charge is 0.392 e. The lowest BCUT2D eigenvalue weighted by Crippen LogP contribution is -2.36. The third kappa shape index (κ3) is 9.06. The van der Waals surface area contributed by atoms with Gasteiger partial charge >= 0.3 is 0 Å². The van der Waals surface area contributed by atoms with Gasteiger partial charge in [-0.2, -0.15) is 0 Å². The van der Waals surface area contributed by atoms with Crippen molar-refractivity contribution >= 4 is 0 Å². The molecule has 98 valence electrons. The third-order valence-electron chi connectivity index (χ3n) is 2.21. The summed E-state index contributed by atoms with van der Waals surface area (Å²) in [5, 5.41) is 21.8. The van der Waals surface area contributed by atoms with Gasteiger partial charge in [-0.1, -0.05) is 6.92 Å². The molecule has 0 heterocycles. The van der Waals surface area contributed by atoms with Crippen molar-refractivity contribution in [1.29, 1.82) is 0 Å². The van der Waals surface area contributed by atoms with Crippen LogP contribution in [0.3, 0.4) is 0 Å². The molecule has 16 heavy (non-hydrogen) atoms. The molecular weight excluding hydrogens is 210 g/mol. The number of methoxy groups -OCH3 is 1. The highest BCUT2D eigenvalue weighted by Gasteiger charge is 2.08. The van der Waals surface area contributed by atoms with Gasteiger partial charge in [0.15, 0.2) is 0 Å². The molecule has 5 heteroatoms. The van der Waals surface area contributed by atoms with Crippen LogP contribution in [-0.2, 0) is 9.47 Å². The van der Waals surface area contributed by atoms with Crippen LogP contribution >= 0.6 is 0 Å². The summed E-state index contributed by atoms with van der Waals surface area (Å²) in [6.07, 6.45) is -0.199. The van der Waals surface area contributed by atoms with Crippen molar-refractivity contribution in [2.24, 2.45) is 0 Å². The van der Waals surface area contributed by atoms with Gasteiger partial charge in [-0.15, -0.1) is 0 Å². The van der Waals surface area contributed by atoms with Crippen molar-refractivity contribution in [2.75, 3.05) is 33.4 Å². The maximum atomic E-state index is 9.54. The average Bonchev–Trinajstić information content (AvgIpc) is 2.26. The average molecular weight is 235 g/mol. The summed E-state index contributed by atoms with van der Waals surface area (Å²) in [5.41, 5.74) is 0. The lowest BCUT2D eigenvalue weighted by Gasteiger charge is -2.17. The zero-order valence-corrected chi connectivity index (χ0v) is 10.5. The number of aliphatic hydroxyl groups excluding tert-OH is 2. The molecule has 0 saturated carbocycles. The summed E-state index contributed by atoms with van der Waals surface area (Å²) < 4.78 is 10.3. The molecule has 0 amide bonds. The fourth-order valence-electron chi connectivity index (χ4n) is 1.18. The van der Waals surface area contributed by atoms with E-state index in [-0.39, 0.29) is 18.8 Å². The van der Waals surface area contributed by atoms with Gasteiger partial charge < -0.3 is 25.0 Å². The first-order chi connectivity index (χ1) is 7.60. The van der Waals surface area contributed by atoms with E-state index in [9.17, 15) is 10.2 Å². The third-order valence-corrected chi connectivity index (χ3v) is 2.21. The van der Waals surface area contributed by atoms with Gasteiger partial charge in [0.1, 0.15) is 0 Å². The lowest BCUT2D eigenvalue weighted by atomic mass is 10.2. The molecule has 3 N–H and O–H groups in total. The highest BCUT2D eigenvalue weighted by Crippen LogP contribution is 1.94. The van der Waals surface area contributed by atoms with E-state index in [1.54, 1.807) is 7.11 Å². The first kappa shape index (κ1) is 15.8. The molecule has 0 aromatic carbocycles. The van der Waals surface area contributed by atoms with Crippen LogP contribution in [0, 0.1) is 0 Å². The van der Waals surface area contributed by atoms with E-state index < -0.39 is 6.10 Å². The SMILES string of the molecule is CCC(O)CNCC(O)COC(C)COC. The number of hydrogen-bond donors (Lipinski definition) is 3. The van der Waals surface area contributed by atoms with Crippen molar-refractivity contribution in [2.45, 2.75) is 38.6 Å². The Labute approximate surface area is 97.8 Å². The Balaban J connectivity index is 3.40. The van der Waals surface area contributed by atoms with Crippen LogP contribution in [0.1, 0.15) is 20.3 Å². The second-order valence-corrected chi connectivity index (χ2v) is 3.97. The molecular formula is C11H25NO4. The molecule has 0 aromatic rings. The van der Waals surface area contributed by atoms with Gasteiger partial charge in [-0.25, -0.2) is 0 Å². The molecule has 0 spiro atoms. The Morgan fingerprint density at radius 1 is 1.12 bits per heavy atom. The monoisotopic (exact) mass is 235 g/mol. The van der Waals surface area contributed by atoms with Gasteiger partial charge in [-0.05, 0) is 13.3 Å². The van der Waals surface area contributed by atoms with Crippen LogP contribution in [0.25, 0.3) is 0 Å². The smallest absolute Gasteiger partial charge is 0.0897 e. The molecule has 0 aliphatic heterocycles. The van der Waals surface area contributed by atoms with Gasteiger partial charge in [0.05, 0.1) is 31.5 Å². The quantitative estimate of drug-likeness (QED) is 0.487. The molecule has 0 radical (unpaired) electrons. The molecule has 0 saturated heterocycles. The van der Waals surface area contributed by atoms with E-state index in [1.165, 1.54) is 0 Å². The van der Waals surface area contributed by atoms with E-state index in [1.807, 2.05) is 13.8 Å². The topological polar surface area (TPSA) is 71.0 Å². The first-order valence-electron chi connectivity index (χ1n) is 5.77. The first-order valence-corrected chi connectivity index (χ1v) is 5.77.